The van der Waals surface area contributed by atoms with Gasteiger partial charge >= 0.3 is 0 Å². The summed E-state index contributed by atoms with van der Waals surface area (Å²) < 4.78 is 10.6. The average molecular weight is 466 g/mol. The molecule has 176 valence electrons. The summed E-state index contributed by atoms with van der Waals surface area (Å²) >= 11 is 0. The molecule has 0 aliphatic carbocycles. The lowest BCUT2D eigenvalue weighted by atomic mass is 10.0. The molecule has 5 heteroatoms. The van der Waals surface area contributed by atoms with Crippen LogP contribution in [0.15, 0.2) is 103 Å². The molecule has 35 heavy (non-hydrogen) atoms. The van der Waals surface area contributed by atoms with Crippen LogP contribution in [0.3, 0.4) is 0 Å². The molecule has 0 aromatic heterocycles. The van der Waals surface area contributed by atoms with Gasteiger partial charge < -0.3 is 14.4 Å². The van der Waals surface area contributed by atoms with Crippen molar-refractivity contribution in [1.82, 2.24) is 4.90 Å². The maximum atomic E-state index is 13.5. The smallest absolute Gasteiger partial charge is 0.254 e. The maximum absolute atomic E-state index is 13.5. The SMILES string of the molecule is COc1ccc(OC)c(C(=O)c2ccc(C(=O)N(Cc3ccccc3)Cc3ccccc3)cc2)c1. The fourth-order valence-corrected chi connectivity index (χ4v) is 3.90. The van der Waals surface area contributed by atoms with E-state index in [2.05, 4.69) is 0 Å². The molecule has 0 bridgehead atoms. The second-order valence-corrected chi connectivity index (χ2v) is 8.11. The molecule has 4 rings (SSSR count). The zero-order valence-corrected chi connectivity index (χ0v) is 19.8. The molecule has 5 nitrogen and oxygen atoms in total. The average Bonchev–Trinajstić information content (AvgIpc) is 2.92. The predicted octanol–water partition coefficient (Wildman–Crippen LogP) is 5.78. The Hall–Kier alpha value is -4.38. The van der Waals surface area contributed by atoms with E-state index in [1.165, 1.54) is 7.11 Å². The van der Waals surface area contributed by atoms with Crippen LogP contribution < -0.4 is 9.47 Å². The number of carbonyl (C=O) groups is 2. The van der Waals surface area contributed by atoms with E-state index in [-0.39, 0.29) is 11.7 Å². The first kappa shape index (κ1) is 23.8. The Morgan fingerprint density at radius 3 is 1.71 bits per heavy atom. The van der Waals surface area contributed by atoms with Gasteiger partial charge in [-0.05, 0) is 41.5 Å². The number of hydrogen-bond donors (Lipinski definition) is 0. The molecule has 0 N–H and O–H groups in total. The van der Waals surface area contributed by atoms with Crippen LogP contribution in [0.1, 0.15) is 37.4 Å². The second-order valence-electron chi connectivity index (χ2n) is 8.11. The van der Waals surface area contributed by atoms with Gasteiger partial charge in [0, 0.05) is 24.2 Å². The fourth-order valence-electron chi connectivity index (χ4n) is 3.90. The largest absolute Gasteiger partial charge is 0.497 e. The molecule has 0 radical (unpaired) electrons. The van der Waals surface area contributed by atoms with Crippen molar-refractivity contribution in [3.63, 3.8) is 0 Å². The number of nitrogens with zero attached hydrogens (tertiary/aromatic N) is 1. The third-order valence-corrected chi connectivity index (χ3v) is 5.77. The molecule has 0 aliphatic heterocycles. The van der Waals surface area contributed by atoms with Gasteiger partial charge in [0.1, 0.15) is 11.5 Å². The van der Waals surface area contributed by atoms with Crippen LogP contribution in [0.25, 0.3) is 0 Å². The van der Waals surface area contributed by atoms with Gasteiger partial charge in [-0.25, -0.2) is 0 Å². The van der Waals surface area contributed by atoms with Crippen molar-refractivity contribution >= 4 is 11.7 Å². The lowest BCUT2D eigenvalue weighted by molar-refractivity contribution is 0.0729. The number of carbonyl (C=O) groups excluding carboxylic acids is 2. The van der Waals surface area contributed by atoms with E-state index in [9.17, 15) is 9.59 Å². The quantitative estimate of drug-likeness (QED) is 0.294. The van der Waals surface area contributed by atoms with E-state index < -0.39 is 0 Å². The lowest BCUT2D eigenvalue weighted by Crippen LogP contribution is -2.30. The lowest BCUT2D eigenvalue weighted by Gasteiger charge is -2.23. The van der Waals surface area contributed by atoms with Crippen molar-refractivity contribution in [2.45, 2.75) is 13.1 Å². The molecule has 1 amide bonds. The number of ketones is 1. The minimum Gasteiger partial charge on any atom is -0.497 e. The summed E-state index contributed by atoms with van der Waals surface area (Å²) in [7, 11) is 3.07. The number of hydrogen-bond acceptors (Lipinski definition) is 4. The van der Waals surface area contributed by atoms with E-state index in [1.54, 1.807) is 49.6 Å². The first-order valence-electron chi connectivity index (χ1n) is 11.3. The number of benzene rings is 4. The van der Waals surface area contributed by atoms with Crippen LogP contribution in [0.4, 0.5) is 0 Å². The predicted molar refractivity (Wildman–Crippen MR) is 136 cm³/mol. The Labute approximate surface area is 205 Å². The molecule has 0 atom stereocenters. The summed E-state index contributed by atoms with van der Waals surface area (Å²) in [6.45, 7) is 0.965. The highest BCUT2D eigenvalue weighted by atomic mass is 16.5. The van der Waals surface area contributed by atoms with Crippen LogP contribution >= 0.6 is 0 Å². The van der Waals surface area contributed by atoms with Crippen LogP contribution in [0.5, 0.6) is 11.5 Å². The highest BCUT2D eigenvalue weighted by Crippen LogP contribution is 2.27. The minimum absolute atomic E-state index is 0.101. The molecule has 0 aliphatic rings. The van der Waals surface area contributed by atoms with Crippen molar-refractivity contribution in [2.24, 2.45) is 0 Å². The van der Waals surface area contributed by atoms with Gasteiger partial charge in [0.2, 0.25) is 0 Å². The molecule has 0 saturated heterocycles. The standard InChI is InChI=1S/C30H27NO4/c1-34-26-17-18-28(35-2)27(19-26)29(32)24-13-15-25(16-14-24)30(33)31(20-22-9-5-3-6-10-22)21-23-11-7-4-8-12-23/h3-19H,20-21H2,1-2H3. The molecule has 0 heterocycles. The molecule has 4 aromatic carbocycles. The topological polar surface area (TPSA) is 55.8 Å². The van der Waals surface area contributed by atoms with E-state index >= 15 is 0 Å². The minimum atomic E-state index is -0.204. The number of ether oxygens (including phenoxy) is 2. The van der Waals surface area contributed by atoms with Crippen molar-refractivity contribution < 1.29 is 19.1 Å². The summed E-state index contributed by atoms with van der Waals surface area (Å²) in [6.07, 6.45) is 0. The molecule has 4 aromatic rings. The Morgan fingerprint density at radius 1 is 0.657 bits per heavy atom. The summed E-state index contributed by atoms with van der Waals surface area (Å²) in [4.78, 5) is 28.5. The third-order valence-electron chi connectivity index (χ3n) is 5.77. The van der Waals surface area contributed by atoms with Gasteiger partial charge in [-0.3, -0.25) is 9.59 Å². The van der Waals surface area contributed by atoms with E-state index in [0.717, 1.165) is 11.1 Å². The van der Waals surface area contributed by atoms with E-state index in [4.69, 9.17) is 9.47 Å². The van der Waals surface area contributed by atoms with E-state index in [0.29, 0.717) is 41.3 Å². The highest BCUT2D eigenvalue weighted by molar-refractivity contribution is 6.11. The first-order valence-corrected chi connectivity index (χ1v) is 11.3. The van der Waals surface area contributed by atoms with Gasteiger partial charge in [-0.2, -0.15) is 0 Å². The maximum Gasteiger partial charge on any atom is 0.254 e. The van der Waals surface area contributed by atoms with Crippen molar-refractivity contribution in [1.29, 1.82) is 0 Å². The Morgan fingerprint density at radius 2 is 1.20 bits per heavy atom. The van der Waals surface area contributed by atoms with Gasteiger partial charge in [0.05, 0.1) is 19.8 Å². The van der Waals surface area contributed by atoms with Crippen molar-refractivity contribution in [3.8, 4) is 11.5 Å². The van der Waals surface area contributed by atoms with Crippen LogP contribution in [0, 0.1) is 0 Å². The van der Waals surface area contributed by atoms with Crippen LogP contribution in [-0.4, -0.2) is 30.8 Å². The summed E-state index contributed by atoms with van der Waals surface area (Å²) in [5.74, 6) is 0.729. The molecular formula is C30H27NO4. The Balaban J connectivity index is 1.58. The van der Waals surface area contributed by atoms with Gasteiger partial charge in [-0.1, -0.05) is 72.8 Å². The fraction of sp³-hybridized carbons (Fsp3) is 0.133. The van der Waals surface area contributed by atoms with Gasteiger partial charge in [0.25, 0.3) is 5.91 Å². The van der Waals surface area contributed by atoms with Crippen molar-refractivity contribution in [3.05, 3.63) is 131 Å². The third kappa shape index (κ3) is 5.76. The number of methoxy groups -OCH3 is 2. The van der Waals surface area contributed by atoms with Crippen molar-refractivity contribution in [2.75, 3.05) is 14.2 Å². The summed E-state index contributed by atoms with van der Waals surface area (Å²) in [5.41, 5.74) is 3.49. The molecule has 0 spiro atoms. The summed E-state index contributed by atoms with van der Waals surface area (Å²) in [6, 6.07) is 31.7. The Kier molecular flexibility index (Phi) is 7.58. The van der Waals surface area contributed by atoms with Crippen LogP contribution in [0.2, 0.25) is 0 Å². The monoisotopic (exact) mass is 465 g/mol. The number of rotatable bonds is 9. The summed E-state index contributed by atoms with van der Waals surface area (Å²) in [5, 5.41) is 0. The zero-order chi connectivity index (χ0) is 24.6. The second kappa shape index (κ2) is 11.2. The van der Waals surface area contributed by atoms with Crippen LogP contribution in [-0.2, 0) is 13.1 Å². The molecule has 0 fully saturated rings. The highest BCUT2D eigenvalue weighted by Gasteiger charge is 2.19. The molecular weight excluding hydrogens is 438 g/mol. The normalized spacial score (nSPS) is 10.5. The molecule has 0 unspecified atom stereocenters. The van der Waals surface area contributed by atoms with E-state index in [1.807, 2.05) is 65.6 Å². The van der Waals surface area contributed by atoms with Gasteiger partial charge in [0.15, 0.2) is 5.78 Å². The Bertz CT molecular complexity index is 1240. The zero-order valence-electron chi connectivity index (χ0n) is 19.8. The van der Waals surface area contributed by atoms with Gasteiger partial charge in [-0.15, -0.1) is 0 Å². The number of amides is 1. The first-order chi connectivity index (χ1) is 17.1. The molecule has 0 saturated carbocycles.